The zero-order valence-electron chi connectivity index (χ0n) is 25.6. The third-order valence-corrected chi connectivity index (χ3v) is 12.3. The maximum absolute atomic E-state index is 15.0. The van der Waals surface area contributed by atoms with E-state index in [1.54, 1.807) is 38.6 Å². The third kappa shape index (κ3) is 5.50. The SMILES string of the molecule is C=CCN(CCC)C(=O)[C@H]1[C@@H]2SC3(CC2Br)C(C(=O)N(CC=C)c2c(C)cccc2C)N([C@@H](CO)CC(C)C)C(=O)[C@H]13. The molecular weight excluding hydrogens is 614 g/mol. The highest BCUT2D eigenvalue weighted by atomic mass is 79.9. The summed E-state index contributed by atoms with van der Waals surface area (Å²) >= 11 is 5.52. The van der Waals surface area contributed by atoms with Crippen LogP contribution in [0.3, 0.4) is 0 Å². The Morgan fingerprint density at radius 2 is 1.83 bits per heavy atom. The molecule has 0 radical (unpaired) electrons. The first kappa shape index (κ1) is 32.8. The van der Waals surface area contributed by atoms with Crippen LogP contribution in [0.1, 0.15) is 51.2 Å². The number of para-hydroxylation sites is 1. The molecule has 3 heterocycles. The summed E-state index contributed by atoms with van der Waals surface area (Å²) in [5, 5.41) is 10.5. The van der Waals surface area contributed by atoms with E-state index in [-0.39, 0.29) is 46.9 Å². The number of carbonyl (C=O) groups excluding carboxylic acids is 3. The van der Waals surface area contributed by atoms with Crippen molar-refractivity contribution in [3.05, 3.63) is 54.6 Å². The van der Waals surface area contributed by atoms with E-state index in [2.05, 4.69) is 42.9 Å². The molecule has 3 amide bonds. The van der Waals surface area contributed by atoms with Gasteiger partial charge in [0.05, 0.1) is 29.2 Å². The van der Waals surface area contributed by atoms with E-state index in [1.807, 2.05) is 39.0 Å². The summed E-state index contributed by atoms with van der Waals surface area (Å²) in [5.74, 6) is -1.41. The van der Waals surface area contributed by atoms with E-state index >= 15 is 4.79 Å². The number of aliphatic hydroxyl groups excluding tert-OH is 1. The van der Waals surface area contributed by atoms with Crippen LogP contribution in [0, 0.1) is 31.6 Å². The summed E-state index contributed by atoms with van der Waals surface area (Å²) in [6.45, 7) is 19.0. The monoisotopic (exact) mass is 659 g/mol. The number of fused-ring (bicyclic) bond motifs is 1. The lowest BCUT2D eigenvalue weighted by Gasteiger charge is -2.41. The van der Waals surface area contributed by atoms with Crippen LogP contribution in [0.5, 0.6) is 0 Å². The number of aryl methyl sites for hydroxylation is 2. The normalized spacial score (nSPS) is 28.6. The minimum Gasteiger partial charge on any atom is -0.394 e. The van der Waals surface area contributed by atoms with Crippen molar-refractivity contribution in [3.8, 4) is 0 Å². The summed E-state index contributed by atoms with van der Waals surface area (Å²) in [4.78, 5) is 49.1. The van der Waals surface area contributed by atoms with Gasteiger partial charge in [0.1, 0.15) is 6.04 Å². The number of nitrogens with zero attached hydrogens (tertiary/aromatic N) is 3. The summed E-state index contributed by atoms with van der Waals surface area (Å²) < 4.78 is -0.792. The predicted molar refractivity (Wildman–Crippen MR) is 175 cm³/mol. The molecule has 42 heavy (non-hydrogen) atoms. The van der Waals surface area contributed by atoms with E-state index < -0.39 is 28.7 Å². The molecule has 230 valence electrons. The van der Waals surface area contributed by atoms with Crippen molar-refractivity contribution >= 4 is 51.1 Å². The Hall–Kier alpha value is -2.10. The van der Waals surface area contributed by atoms with E-state index in [1.165, 1.54) is 0 Å². The molecule has 0 aliphatic carbocycles. The average molecular weight is 661 g/mol. The summed E-state index contributed by atoms with van der Waals surface area (Å²) in [7, 11) is 0. The number of hydrogen-bond donors (Lipinski definition) is 1. The molecule has 3 aliphatic heterocycles. The van der Waals surface area contributed by atoms with Crippen LogP contribution in [0.15, 0.2) is 43.5 Å². The number of halogens is 1. The second-order valence-electron chi connectivity index (χ2n) is 12.4. The molecule has 7 atom stereocenters. The van der Waals surface area contributed by atoms with E-state index in [4.69, 9.17) is 0 Å². The predicted octanol–water partition coefficient (Wildman–Crippen LogP) is 5.12. The second kappa shape index (κ2) is 13.3. The van der Waals surface area contributed by atoms with Gasteiger partial charge in [-0.15, -0.1) is 24.9 Å². The van der Waals surface area contributed by atoms with Crippen molar-refractivity contribution < 1.29 is 19.5 Å². The number of aliphatic hydroxyl groups is 1. The third-order valence-electron chi connectivity index (χ3n) is 9.04. The lowest BCUT2D eigenvalue weighted by atomic mass is 9.70. The van der Waals surface area contributed by atoms with Crippen molar-refractivity contribution in [2.75, 3.05) is 31.1 Å². The highest BCUT2D eigenvalue weighted by Crippen LogP contribution is 2.68. The van der Waals surface area contributed by atoms with Gasteiger partial charge < -0.3 is 19.8 Å². The molecule has 3 fully saturated rings. The molecular formula is C33H46BrN3O4S. The number of hydrogen-bond acceptors (Lipinski definition) is 5. The molecule has 3 unspecified atom stereocenters. The summed E-state index contributed by atoms with van der Waals surface area (Å²) in [5.41, 5.74) is 2.75. The van der Waals surface area contributed by atoms with Crippen molar-refractivity contribution in [1.82, 2.24) is 9.80 Å². The van der Waals surface area contributed by atoms with Crippen molar-refractivity contribution in [2.45, 2.75) is 80.8 Å². The van der Waals surface area contributed by atoms with Gasteiger partial charge in [0.25, 0.3) is 5.91 Å². The topological polar surface area (TPSA) is 81.2 Å². The van der Waals surface area contributed by atoms with E-state index in [0.29, 0.717) is 25.9 Å². The minimum atomic E-state index is -0.822. The van der Waals surface area contributed by atoms with Crippen LogP contribution in [0.4, 0.5) is 5.69 Å². The summed E-state index contributed by atoms with van der Waals surface area (Å²) in [6.07, 6.45) is 5.40. The van der Waals surface area contributed by atoms with E-state index in [0.717, 1.165) is 23.2 Å². The van der Waals surface area contributed by atoms with Crippen molar-refractivity contribution in [3.63, 3.8) is 0 Å². The number of carbonyl (C=O) groups is 3. The Morgan fingerprint density at radius 3 is 2.38 bits per heavy atom. The zero-order chi connectivity index (χ0) is 30.9. The standard InChI is InChI=1S/C33H46BrN3O4S/c1-8-14-35(15-9-2)30(39)25-26-31(40)37(23(19-38)17-20(4)5)29(33(26)18-24(34)28(25)42-33)32(41)36(16-10-3)27-21(6)12-11-13-22(27)7/h8,10-13,20,23-26,28-29,38H,1,3,9,14-19H2,2,4-7H3/t23-,24?,25-,26+,28-,29?,33?/m1/s1. The molecule has 9 heteroatoms. The van der Waals surface area contributed by atoms with Gasteiger partial charge in [-0.05, 0) is 50.2 Å². The first-order valence-corrected chi connectivity index (χ1v) is 16.9. The Labute approximate surface area is 263 Å². The van der Waals surface area contributed by atoms with Gasteiger partial charge in [0.15, 0.2) is 0 Å². The maximum atomic E-state index is 15.0. The molecule has 7 nitrogen and oxygen atoms in total. The molecule has 1 aromatic carbocycles. The minimum absolute atomic E-state index is 0.0197. The van der Waals surface area contributed by atoms with Crippen LogP contribution in [-0.4, -0.2) is 85.8 Å². The van der Waals surface area contributed by atoms with Crippen LogP contribution in [-0.2, 0) is 14.4 Å². The number of alkyl halides is 1. The van der Waals surface area contributed by atoms with Crippen molar-refractivity contribution in [2.24, 2.45) is 17.8 Å². The second-order valence-corrected chi connectivity index (χ2v) is 15.1. The smallest absolute Gasteiger partial charge is 0.251 e. The first-order chi connectivity index (χ1) is 20.0. The number of amides is 3. The van der Waals surface area contributed by atoms with Crippen LogP contribution in [0.2, 0.25) is 0 Å². The number of anilines is 1. The number of thioether (sulfide) groups is 1. The van der Waals surface area contributed by atoms with Crippen molar-refractivity contribution in [1.29, 1.82) is 0 Å². The molecule has 4 rings (SSSR count). The van der Waals surface area contributed by atoms with Gasteiger partial charge in [-0.1, -0.05) is 67.1 Å². The zero-order valence-corrected chi connectivity index (χ0v) is 28.0. The number of likely N-dealkylation sites (tertiary alicyclic amines) is 1. The lowest BCUT2D eigenvalue weighted by Crippen LogP contribution is -2.58. The molecule has 0 saturated carbocycles. The Bertz CT molecular complexity index is 1200. The Balaban J connectivity index is 1.88. The van der Waals surface area contributed by atoms with Crippen LogP contribution < -0.4 is 4.90 Å². The summed E-state index contributed by atoms with van der Waals surface area (Å²) in [6, 6.07) is 4.60. The average Bonchev–Trinajstić information content (AvgIpc) is 3.53. The van der Waals surface area contributed by atoms with Gasteiger partial charge >= 0.3 is 0 Å². The molecule has 2 bridgehead atoms. The van der Waals surface area contributed by atoms with Gasteiger partial charge in [-0.2, -0.15) is 0 Å². The first-order valence-electron chi connectivity index (χ1n) is 15.1. The molecule has 1 aromatic rings. The Kier molecular flexibility index (Phi) is 10.4. The fraction of sp³-hybridized carbons (Fsp3) is 0.606. The van der Waals surface area contributed by atoms with Gasteiger partial charge in [0, 0.05) is 35.4 Å². The highest BCUT2D eigenvalue weighted by Gasteiger charge is 2.76. The van der Waals surface area contributed by atoms with E-state index in [9.17, 15) is 14.7 Å². The quantitative estimate of drug-likeness (QED) is 0.235. The largest absolute Gasteiger partial charge is 0.394 e. The molecule has 3 saturated heterocycles. The Morgan fingerprint density at radius 1 is 1.19 bits per heavy atom. The number of benzene rings is 1. The van der Waals surface area contributed by atoms with Gasteiger partial charge in [0.2, 0.25) is 11.8 Å². The fourth-order valence-corrected chi connectivity index (χ4v) is 11.2. The maximum Gasteiger partial charge on any atom is 0.251 e. The lowest BCUT2D eigenvalue weighted by molar-refractivity contribution is -0.145. The fourth-order valence-electron chi connectivity index (χ4n) is 7.57. The number of rotatable bonds is 13. The molecule has 3 aliphatic rings. The van der Waals surface area contributed by atoms with Gasteiger partial charge in [-0.25, -0.2) is 0 Å². The van der Waals surface area contributed by atoms with Crippen LogP contribution in [0.25, 0.3) is 0 Å². The van der Waals surface area contributed by atoms with Gasteiger partial charge in [-0.3, -0.25) is 14.4 Å². The molecule has 1 spiro atoms. The highest BCUT2D eigenvalue weighted by molar-refractivity contribution is 9.09. The molecule has 1 N–H and O–H groups in total. The molecule has 0 aromatic heterocycles. The van der Waals surface area contributed by atoms with Crippen LogP contribution >= 0.6 is 27.7 Å².